The largest absolute Gasteiger partial charge is 0.397 e. The van der Waals surface area contributed by atoms with Gasteiger partial charge in [0.15, 0.2) is 0 Å². The van der Waals surface area contributed by atoms with Gasteiger partial charge in [0.05, 0.1) is 15.8 Å². The maximum atomic E-state index is 13.3. The van der Waals surface area contributed by atoms with Crippen molar-refractivity contribution < 1.29 is 4.39 Å². The molecule has 2 nitrogen and oxygen atoms in total. The van der Waals surface area contributed by atoms with Gasteiger partial charge in [0.25, 0.3) is 0 Å². The predicted octanol–water partition coefficient (Wildman–Crippen LogP) is 3.80. The molecule has 94 valence electrons. The lowest BCUT2D eigenvalue weighted by Gasteiger charge is -2.33. The molecule has 2 rings (SSSR count). The fourth-order valence-electron chi connectivity index (χ4n) is 2.21. The first-order valence-corrected chi connectivity index (χ1v) is 6.90. The lowest BCUT2D eigenvalue weighted by molar-refractivity contribution is 0.318. The molecule has 0 aliphatic heterocycles. The molecule has 1 aliphatic rings. The zero-order valence-corrected chi connectivity index (χ0v) is 11.6. The summed E-state index contributed by atoms with van der Waals surface area (Å²) < 4.78 is 13.8. The highest BCUT2D eigenvalue weighted by atomic mass is 79.9. The van der Waals surface area contributed by atoms with Crippen LogP contribution in [0.15, 0.2) is 16.6 Å². The van der Waals surface area contributed by atoms with Gasteiger partial charge in [-0.25, -0.2) is 4.39 Å². The van der Waals surface area contributed by atoms with Crippen LogP contribution in [-0.4, -0.2) is 13.1 Å². The van der Waals surface area contributed by atoms with Gasteiger partial charge in [-0.15, -0.1) is 0 Å². The number of nitrogens with two attached hydrogens (primary N) is 1. The highest BCUT2D eigenvalue weighted by Gasteiger charge is 2.21. The molecule has 17 heavy (non-hydrogen) atoms. The normalized spacial score (nSPS) is 15.7. The van der Waals surface area contributed by atoms with Gasteiger partial charge >= 0.3 is 0 Å². The Labute approximate surface area is 110 Å². The molecule has 1 aliphatic carbocycles. The molecule has 0 atom stereocenters. The minimum absolute atomic E-state index is 0.300. The number of hydrogen-bond donors (Lipinski definition) is 1. The van der Waals surface area contributed by atoms with Crippen LogP contribution in [0.25, 0.3) is 0 Å². The summed E-state index contributed by atoms with van der Waals surface area (Å²) in [5.41, 5.74) is 7.36. The van der Waals surface area contributed by atoms with E-state index in [0.29, 0.717) is 10.2 Å². The second kappa shape index (κ2) is 5.25. The van der Waals surface area contributed by atoms with Gasteiger partial charge in [0.2, 0.25) is 0 Å². The SMILES string of the molecule is CCN(CC1CCC1)c1cc(Br)c(F)cc1N. The first-order valence-electron chi connectivity index (χ1n) is 6.11. The average Bonchev–Trinajstić information content (AvgIpc) is 2.23. The number of nitrogens with zero attached hydrogens (tertiary/aromatic N) is 1. The van der Waals surface area contributed by atoms with Crippen molar-refractivity contribution in [2.45, 2.75) is 26.2 Å². The van der Waals surface area contributed by atoms with Crippen LogP contribution >= 0.6 is 15.9 Å². The highest BCUT2D eigenvalue weighted by molar-refractivity contribution is 9.10. The third-order valence-corrected chi connectivity index (χ3v) is 4.10. The van der Waals surface area contributed by atoms with Crippen LogP contribution in [0.5, 0.6) is 0 Å². The minimum Gasteiger partial charge on any atom is -0.397 e. The van der Waals surface area contributed by atoms with Crippen LogP contribution in [-0.2, 0) is 0 Å². The van der Waals surface area contributed by atoms with E-state index in [1.807, 2.05) is 0 Å². The highest BCUT2D eigenvalue weighted by Crippen LogP contribution is 2.33. The van der Waals surface area contributed by atoms with Gasteiger partial charge in [-0.1, -0.05) is 6.42 Å². The Bertz CT molecular complexity index is 405. The Balaban J connectivity index is 2.19. The van der Waals surface area contributed by atoms with Gasteiger partial charge in [-0.2, -0.15) is 0 Å². The fourth-order valence-corrected chi connectivity index (χ4v) is 2.54. The lowest BCUT2D eigenvalue weighted by Crippen LogP contribution is -2.32. The van der Waals surface area contributed by atoms with Crippen molar-refractivity contribution in [2.75, 3.05) is 23.7 Å². The topological polar surface area (TPSA) is 29.3 Å². The van der Waals surface area contributed by atoms with E-state index in [2.05, 4.69) is 27.8 Å². The van der Waals surface area contributed by atoms with Crippen molar-refractivity contribution in [3.63, 3.8) is 0 Å². The Kier molecular flexibility index (Phi) is 3.92. The van der Waals surface area contributed by atoms with Crippen molar-refractivity contribution in [1.82, 2.24) is 0 Å². The molecular weight excluding hydrogens is 283 g/mol. The van der Waals surface area contributed by atoms with Crippen LogP contribution in [0, 0.1) is 11.7 Å². The quantitative estimate of drug-likeness (QED) is 0.857. The molecule has 4 heteroatoms. The molecule has 2 N–H and O–H groups in total. The molecule has 0 saturated heterocycles. The molecule has 0 amide bonds. The Hall–Kier alpha value is -0.770. The smallest absolute Gasteiger partial charge is 0.139 e. The van der Waals surface area contributed by atoms with Gasteiger partial charge in [-0.05, 0) is 47.7 Å². The molecule has 0 unspecified atom stereocenters. The van der Waals surface area contributed by atoms with Gasteiger partial charge in [-0.3, -0.25) is 0 Å². The summed E-state index contributed by atoms with van der Waals surface area (Å²) in [6, 6.07) is 3.18. The van der Waals surface area contributed by atoms with Crippen molar-refractivity contribution in [3.8, 4) is 0 Å². The summed E-state index contributed by atoms with van der Waals surface area (Å²) in [5.74, 6) is 0.476. The lowest BCUT2D eigenvalue weighted by atomic mass is 9.85. The zero-order valence-electron chi connectivity index (χ0n) is 10.0. The number of hydrogen-bond acceptors (Lipinski definition) is 2. The summed E-state index contributed by atoms with van der Waals surface area (Å²) in [6.45, 7) is 4.03. The number of halogens is 2. The van der Waals surface area contributed by atoms with Gasteiger partial charge < -0.3 is 10.6 Å². The molecule has 0 radical (unpaired) electrons. The predicted molar refractivity (Wildman–Crippen MR) is 73.7 cm³/mol. The number of rotatable bonds is 4. The summed E-state index contributed by atoms with van der Waals surface area (Å²) in [7, 11) is 0. The van der Waals surface area contributed by atoms with Crippen molar-refractivity contribution in [1.29, 1.82) is 0 Å². The first-order chi connectivity index (χ1) is 8.11. The van der Waals surface area contributed by atoms with Crippen molar-refractivity contribution in [3.05, 3.63) is 22.4 Å². The van der Waals surface area contributed by atoms with Crippen LogP contribution in [0.4, 0.5) is 15.8 Å². The van der Waals surface area contributed by atoms with E-state index in [9.17, 15) is 4.39 Å². The Morgan fingerprint density at radius 2 is 2.18 bits per heavy atom. The molecule has 1 aromatic rings. The molecule has 1 fully saturated rings. The van der Waals surface area contributed by atoms with E-state index in [0.717, 1.165) is 24.7 Å². The van der Waals surface area contributed by atoms with E-state index in [1.54, 1.807) is 6.07 Å². The van der Waals surface area contributed by atoms with Crippen LogP contribution in [0.1, 0.15) is 26.2 Å². The van der Waals surface area contributed by atoms with E-state index >= 15 is 0 Å². The average molecular weight is 301 g/mol. The van der Waals surface area contributed by atoms with Gasteiger partial charge in [0.1, 0.15) is 5.82 Å². The Morgan fingerprint density at radius 1 is 1.47 bits per heavy atom. The van der Waals surface area contributed by atoms with Gasteiger partial charge in [0, 0.05) is 19.2 Å². The fraction of sp³-hybridized carbons (Fsp3) is 0.538. The summed E-state index contributed by atoms with van der Waals surface area (Å²) in [4.78, 5) is 2.24. The third kappa shape index (κ3) is 2.73. The van der Waals surface area contributed by atoms with Crippen LogP contribution in [0.2, 0.25) is 0 Å². The molecule has 0 heterocycles. The molecule has 1 saturated carbocycles. The number of anilines is 2. The molecular formula is C13H18BrFN2. The van der Waals surface area contributed by atoms with Crippen LogP contribution < -0.4 is 10.6 Å². The molecule has 0 spiro atoms. The molecule has 0 bridgehead atoms. The maximum absolute atomic E-state index is 13.3. The second-order valence-electron chi connectivity index (χ2n) is 4.66. The van der Waals surface area contributed by atoms with E-state index in [4.69, 9.17) is 5.73 Å². The molecule has 1 aromatic carbocycles. The minimum atomic E-state index is -0.300. The summed E-state index contributed by atoms with van der Waals surface area (Å²) in [5, 5.41) is 0. The van der Waals surface area contributed by atoms with E-state index < -0.39 is 0 Å². The van der Waals surface area contributed by atoms with Crippen LogP contribution in [0.3, 0.4) is 0 Å². The number of benzene rings is 1. The standard InChI is InChI=1S/C13H18BrFN2/c1-2-17(8-9-4-3-5-9)13-6-10(14)11(15)7-12(13)16/h6-7,9H,2-5,8,16H2,1H3. The first kappa shape index (κ1) is 12.7. The third-order valence-electron chi connectivity index (χ3n) is 3.50. The maximum Gasteiger partial charge on any atom is 0.139 e. The number of nitrogen functional groups attached to an aromatic ring is 1. The second-order valence-corrected chi connectivity index (χ2v) is 5.52. The van der Waals surface area contributed by atoms with E-state index in [1.165, 1.54) is 25.3 Å². The Morgan fingerprint density at radius 3 is 2.71 bits per heavy atom. The summed E-state index contributed by atoms with van der Waals surface area (Å²) >= 11 is 3.22. The van der Waals surface area contributed by atoms with Crippen molar-refractivity contribution in [2.24, 2.45) is 5.92 Å². The molecule has 0 aromatic heterocycles. The summed E-state index contributed by atoms with van der Waals surface area (Å²) in [6.07, 6.45) is 3.95. The van der Waals surface area contributed by atoms with Crippen molar-refractivity contribution >= 4 is 27.3 Å². The monoisotopic (exact) mass is 300 g/mol. The van der Waals surface area contributed by atoms with E-state index in [-0.39, 0.29) is 5.82 Å². The zero-order chi connectivity index (χ0) is 12.4.